The molecule has 8 heteroatoms. The maximum Gasteiger partial charge on any atom is 0.239 e. The highest BCUT2D eigenvalue weighted by atomic mass is 32.2. The van der Waals surface area contributed by atoms with Crippen LogP contribution in [0, 0.1) is 0 Å². The summed E-state index contributed by atoms with van der Waals surface area (Å²) in [6, 6.07) is 4.90. The Morgan fingerprint density at radius 1 is 1.18 bits per heavy atom. The third-order valence-electron chi connectivity index (χ3n) is 2.89. The molecule has 2 N–H and O–H groups in total. The second kappa shape index (κ2) is 8.60. The van der Waals surface area contributed by atoms with Crippen molar-refractivity contribution >= 4 is 21.6 Å². The number of rotatable bonds is 9. The van der Waals surface area contributed by atoms with Gasteiger partial charge in [-0.05, 0) is 18.6 Å². The molecule has 0 fully saturated rings. The Hall–Kier alpha value is -1.80. The van der Waals surface area contributed by atoms with Crippen LogP contribution < -0.4 is 19.5 Å². The zero-order valence-corrected chi connectivity index (χ0v) is 13.8. The highest BCUT2D eigenvalue weighted by Gasteiger charge is 2.12. The Morgan fingerprint density at radius 2 is 1.86 bits per heavy atom. The molecule has 0 aliphatic carbocycles. The Bertz CT molecular complexity index is 601. The summed E-state index contributed by atoms with van der Waals surface area (Å²) in [5.41, 5.74) is 0.496. The van der Waals surface area contributed by atoms with Crippen LogP contribution in [0.1, 0.15) is 19.8 Å². The SMILES string of the molecule is CCCCS(=O)(=O)NCC(=O)Nc1ccc(OC)c(OC)c1. The van der Waals surface area contributed by atoms with Crippen molar-refractivity contribution in [3.8, 4) is 11.5 Å². The predicted molar refractivity (Wildman–Crippen MR) is 84.9 cm³/mol. The fraction of sp³-hybridized carbons (Fsp3) is 0.500. The molecule has 1 amide bonds. The van der Waals surface area contributed by atoms with Gasteiger partial charge in [-0.3, -0.25) is 4.79 Å². The molecule has 0 atom stereocenters. The van der Waals surface area contributed by atoms with E-state index in [2.05, 4.69) is 10.0 Å². The molecule has 0 radical (unpaired) electrons. The maximum absolute atomic E-state index is 11.8. The predicted octanol–water partition coefficient (Wildman–Crippen LogP) is 1.36. The minimum Gasteiger partial charge on any atom is -0.493 e. The Kier molecular flexibility index (Phi) is 7.13. The largest absolute Gasteiger partial charge is 0.493 e. The molecule has 0 heterocycles. The van der Waals surface area contributed by atoms with Crippen molar-refractivity contribution in [3.05, 3.63) is 18.2 Å². The highest BCUT2D eigenvalue weighted by molar-refractivity contribution is 7.89. The molecule has 22 heavy (non-hydrogen) atoms. The quantitative estimate of drug-likeness (QED) is 0.713. The summed E-state index contributed by atoms with van der Waals surface area (Å²) in [6.07, 6.45) is 1.34. The van der Waals surface area contributed by atoms with E-state index in [0.29, 0.717) is 23.6 Å². The van der Waals surface area contributed by atoms with Crippen molar-refractivity contribution in [3.63, 3.8) is 0 Å². The first-order chi connectivity index (χ1) is 10.4. The lowest BCUT2D eigenvalue weighted by Gasteiger charge is -2.11. The zero-order valence-electron chi connectivity index (χ0n) is 13.0. The smallest absolute Gasteiger partial charge is 0.239 e. The Morgan fingerprint density at radius 3 is 2.45 bits per heavy atom. The average molecular weight is 330 g/mol. The molecule has 0 unspecified atom stereocenters. The average Bonchev–Trinajstić information content (AvgIpc) is 2.51. The topological polar surface area (TPSA) is 93.7 Å². The minimum absolute atomic E-state index is 0.0210. The fourth-order valence-corrected chi connectivity index (χ4v) is 2.87. The number of hydrogen-bond acceptors (Lipinski definition) is 5. The number of benzene rings is 1. The van der Waals surface area contributed by atoms with Gasteiger partial charge in [-0.25, -0.2) is 13.1 Å². The normalized spacial score (nSPS) is 11.0. The first-order valence-corrected chi connectivity index (χ1v) is 8.56. The van der Waals surface area contributed by atoms with E-state index in [9.17, 15) is 13.2 Å². The van der Waals surface area contributed by atoms with E-state index in [1.165, 1.54) is 14.2 Å². The van der Waals surface area contributed by atoms with Gasteiger partial charge >= 0.3 is 0 Å². The van der Waals surface area contributed by atoms with Gasteiger partial charge in [0.25, 0.3) is 0 Å². The molecular formula is C14H22N2O5S. The first-order valence-electron chi connectivity index (χ1n) is 6.91. The van der Waals surface area contributed by atoms with Crippen LogP contribution in [0.2, 0.25) is 0 Å². The number of carbonyl (C=O) groups excluding carboxylic acids is 1. The van der Waals surface area contributed by atoms with Crippen LogP contribution >= 0.6 is 0 Å². The number of amides is 1. The lowest BCUT2D eigenvalue weighted by atomic mass is 10.2. The van der Waals surface area contributed by atoms with Crippen LogP contribution in [0.5, 0.6) is 11.5 Å². The summed E-state index contributed by atoms with van der Waals surface area (Å²) in [4.78, 5) is 11.8. The van der Waals surface area contributed by atoms with Gasteiger partial charge in [0, 0.05) is 11.8 Å². The summed E-state index contributed by atoms with van der Waals surface area (Å²) in [5, 5.41) is 2.60. The monoisotopic (exact) mass is 330 g/mol. The molecule has 0 spiro atoms. The number of hydrogen-bond donors (Lipinski definition) is 2. The van der Waals surface area contributed by atoms with Gasteiger partial charge < -0.3 is 14.8 Å². The molecule has 0 aromatic heterocycles. The Balaban J connectivity index is 2.58. The van der Waals surface area contributed by atoms with E-state index in [4.69, 9.17) is 9.47 Å². The van der Waals surface area contributed by atoms with E-state index >= 15 is 0 Å². The van der Waals surface area contributed by atoms with Crippen LogP contribution in [0.3, 0.4) is 0 Å². The van der Waals surface area contributed by atoms with Crippen molar-refractivity contribution in [1.82, 2.24) is 4.72 Å². The van der Waals surface area contributed by atoms with E-state index in [1.807, 2.05) is 6.92 Å². The lowest BCUT2D eigenvalue weighted by molar-refractivity contribution is -0.115. The maximum atomic E-state index is 11.8. The standard InChI is InChI=1S/C14H22N2O5S/c1-4-5-8-22(18,19)15-10-14(17)16-11-6-7-12(20-2)13(9-11)21-3/h6-7,9,15H,4-5,8,10H2,1-3H3,(H,16,17). The van der Waals surface area contributed by atoms with E-state index in [-0.39, 0.29) is 12.3 Å². The summed E-state index contributed by atoms with van der Waals surface area (Å²) in [5.74, 6) is 0.588. The van der Waals surface area contributed by atoms with Crippen molar-refractivity contribution in [2.24, 2.45) is 0 Å². The van der Waals surface area contributed by atoms with Gasteiger partial charge in [0.1, 0.15) is 0 Å². The molecular weight excluding hydrogens is 308 g/mol. The zero-order chi connectivity index (χ0) is 16.6. The van der Waals surface area contributed by atoms with Gasteiger partial charge in [0.15, 0.2) is 11.5 Å². The minimum atomic E-state index is -3.41. The number of carbonyl (C=O) groups is 1. The molecule has 0 bridgehead atoms. The summed E-state index contributed by atoms with van der Waals surface area (Å²) < 4.78 is 35.7. The van der Waals surface area contributed by atoms with Gasteiger partial charge in [-0.2, -0.15) is 0 Å². The fourth-order valence-electron chi connectivity index (χ4n) is 1.70. The molecule has 7 nitrogen and oxygen atoms in total. The van der Waals surface area contributed by atoms with Gasteiger partial charge in [0.2, 0.25) is 15.9 Å². The number of anilines is 1. The van der Waals surface area contributed by atoms with Crippen molar-refractivity contribution in [2.75, 3.05) is 31.8 Å². The lowest BCUT2D eigenvalue weighted by Crippen LogP contribution is -2.34. The summed E-state index contributed by atoms with van der Waals surface area (Å²) in [6.45, 7) is 1.60. The highest BCUT2D eigenvalue weighted by Crippen LogP contribution is 2.29. The second-order valence-corrected chi connectivity index (χ2v) is 6.54. The van der Waals surface area contributed by atoms with E-state index < -0.39 is 15.9 Å². The summed E-state index contributed by atoms with van der Waals surface area (Å²) in [7, 11) is -0.404. The van der Waals surface area contributed by atoms with Crippen LogP contribution in [-0.2, 0) is 14.8 Å². The molecule has 0 aliphatic heterocycles. The van der Waals surface area contributed by atoms with Crippen molar-refractivity contribution in [2.45, 2.75) is 19.8 Å². The molecule has 1 aromatic carbocycles. The molecule has 0 aliphatic rings. The molecule has 0 saturated heterocycles. The Labute approximate surface area is 131 Å². The van der Waals surface area contributed by atoms with E-state index in [1.54, 1.807) is 18.2 Å². The molecule has 1 rings (SSSR count). The van der Waals surface area contributed by atoms with E-state index in [0.717, 1.165) is 6.42 Å². The van der Waals surface area contributed by atoms with Crippen molar-refractivity contribution in [1.29, 1.82) is 0 Å². The van der Waals surface area contributed by atoms with Crippen LogP contribution in [0.15, 0.2) is 18.2 Å². The van der Waals surface area contributed by atoms with Gasteiger partial charge in [0.05, 0.1) is 26.5 Å². The third-order valence-corrected chi connectivity index (χ3v) is 4.30. The van der Waals surface area contributed by atoms with Crippen LogP contribution in [0.25, 0.3) is 0 Å². The third kappa shape index (κ3) is 5.90. The number of methoxy groups -OCH3 is 2. The number of sulfonamides is 1. The molecule has 124 valence electrons. The number of nitrogens with one attached hydrogen (secondary N) is 2. The van der Waals surface area contributed by atoms with Crippen molar-refractivity contribution < 1.29 is 22.7 Å². The van der Waals surface area contributed by atoms with Gasteiger partial charge in [-0.15, -0.1) is 0 Å². The van der Waals surface area contributed by atoms with Gasteiger partial charge in [-0.1, -0.05) is 13.3 Å². The number of unbranched alkanes of at least 4 members (excludes halogenated alkanes) is 1. The molecule has 1 aromatic rings. The van der Waals surface area contributed by atoms with Crippen LogP contribution in [0.4, 0.5) is 5.69 Å². The first kappa shape index (κ1) is 18.2. The number of ether oxygens (including phenoxy) is 2. The van der Waals surface area contributed by atoms with Crippen LogP contribution in [-0.4, -0.2) is 40.8 Å². The summed E-state index contributed by atoms with van der Waals surface area (Å²) >= 11 is 0. The molecule has 0 saturated carbocycles. The second-order valence-electron chi connectivity index (χ2n) is 4.61.